The summed E-state index contributed by atoms with van der Waals surface area (Å²) in [4.78, 5) is 38.3. The van der Waals surface area contributed by atoms with Gasteiger partial charge in [0.1, 0.15) is 11.6 Å². The molecule has 0 unspecified atom stereocenters. The van der Waals surface area contributed by atoms with E-state index >= 15 is 0 Å². The van der Waals surface area contributed by atoms with Crippen molar-refractivity contribution in [2.75, 3.05) is 19.0 Å². The Labute approximate surface area is 218 Å². The van der Waals surface area contributed by atoms with Crippen molar-refractivity contribution in [3.05, 3.63) is 75.7 Å². The first-order chi connectivity index (χ1) is 18.0. The van der Waals surface area contributed by atoms with Gasteiger partial charge in [0.15, 0.2) is 11.5 Å². The van der Waals surface area contributed by atoms with Gasteiger partial charge < -0.3 is 19.5 Å². The fourth-order valence-electron chi connectivity index (χ4n) is 3.91. The van der Waals surface area contributed by atoms with Crippen LogP contribution >= 0.6 is 11.3 Å². The molecule has 1 aliphatic rings. The number of hydrazone groups is 1. The second-order valence-electron chi connectivity index (χ2n) is 8.12. The number of nitrogens with one attached hydrogen (secondary N) is 2. The number of hydrogen-bond donors (Lipinski definition) is 2. The number of thiophene rings is 1. The van der Waals surface area contributed by atoms with E-state index in [1.807, 2.05) is 30.3 Å². The van der Waals surface area contributed by atoms with E-state index in [4.69, 9.17) is 14.2 Å². The number of anilines is 1. The number of benzene rings is 2. The molecule has 1 heterocycles. The monoisotopic (exact) mass is 521 g/mol. The quantitative estimate of drug-likeness (QED) is 0.190. The maximum Gasteiger partial charge on any atom is 0.341 e. The van der Waals surface area contributed by atoms with Gasteiger partial charge in [0.05, 0.1) is 25.5 Å². The molecule has 10 heteroatoms. The average Bonchev–Trinajstić information content (AvgIpc) is 3.49. The van der Waals surface area contributed by atoms with Gasteiger partial charge in [0.25, 0.3) is 0 Å². The van der Waals surface area contributed by atoms with Crippen molar-refractivity contribution in [1.29, 1.82) is 0 Å². The first-order valence-corrected chi connectivity index (χ1v) is 12.6. The van der Waals surface area contributed by atoms with E-state index in [0.717, 1.165) is 35.3 Å². The van der Waals surface area contributed by atoms with E-state index < -0.39 is 17.8 Å². The first-order valence-electron chi connectivity index (χ1n) is 11.8. The van der Waals surface area contributed by atoms with Crippen molar-refractivity contribution in [3.63, 3.8) is 0 Å². The molecular weight excluding hydrogens is 494 g/mol. The number of carbonyl (C=O) groups excluding carboxylic acids is 3. The first kappa shape index (κ1) is 25.9. The maximum absolute atomic E-state index is 12.5. The third-order valence-electron chi connectivity index (χ3n) is 5.64. The summed E-state index contributed by atoms with van der Waals surface area (Å²) in [6.07, 6.45) is 3.91. The van der Waals surface area contributed by atoms with Crippen LogP contribution in [-0.2, 0) is 33.8 Å². The highest BCUT2D eigenvalue weighted by molar-refractivity contribution is 7.17. The molecule has 2 N–H and O–H groups in total. The zero-order valence-corrected chi connectivity index (χ0v) is 21.4. The van der Waals surface area contributed by atoms with Gasteiger partial charge in [-0.05, 0) is 61.1 Å². The van der Waals surface area contributed by atoms with Gasteiger partial charge in [0, 0.05) is 4.88 Å². The standard InChI is InChI=1S/C27H27N3O6S/c1-3-35-27(33)23-19-10-7-11-22(19)37-26(23)29-24(31)25(32)30-28-15-18-12-13-20(21(14-18)34-2)36-16-17-8-5-4-6-9-17/h4-6,8-9,12-15H,3,7,10-11,16H2,1-2H3,(H,29,31)(H,30,32)/b28-15+. The summed E-state index contributed by atoms with van der Waals surface area (Å²) in [6, 6.07) is 14.9. The topological polar surface area (TPSA) is 115 Å². The summed E-state index contributed by atoms with van der Waals surface area (Å²) >= 11 is 1.30. The molecule has 0 fully saturated rings. The van der Waals surface area contributed by atoms with E-state index in [2.05, 4.69) is 15.8 Å². The number of hydrogen-bond acceptors (Lipinski definition) is 8. The SMILES string of the molecule is CCOC(=O)c1c(NC(=O)C(=O)N/N=C/c2ccc(OCc3ccccc3)c(OC)c2)sc2c1CCC2. The van der Waals surface area contributed by atoms with E-state index in [1.165, 1.54) is 24.7 Å². The minimum absolute atomic E-state index is 0.219. The summed E-state index contributed by atoms with van der Waals surface area (Å²) < 4.78 is 16.4. The van der Waals surface area contributed by atoms with Crippen LogP contribution in [0.2, 0.25) is 0 Å². The number of carbonyl (C=O) groups is 3. The van der Waals surface area contributed by atoms with Crippen LogP contribution in [0.3, 0.4) is 0 Å². The highest BCUT2D eigenvalue weighted by Crippen LogP contribution is 2.39. The van der Waals surface area contributed by atoms with E-state index in [-0.39, 0.29) is 6.61 Å². The Morgan fingerprint density at radius 1 is 1.05 bits per heavy atom. The largest absolute Gasteiger partial charge is 0.493 e. The summed E-state index contributed by atoms with van der Waals surface area (Å²) in [5, 5.41) is 6.73. The Balaban J connectivity index is 1.36. The molecule has 1 aliphatic carbocycles. The van der Waals surface area contributed by atoms with Gasteiger partial charge in [-0.3, -0.25) is 9.59 Å². The lowest BCUT2D eigenvalue weighted by molar-refractivity contribution is -0.136. The van der Waals surface area contributed by atoms with Gasteiger partial charge >= 0.3 is 17.8 Å². The molecule has 3 aromatic rings. The minimum Gasteiger partial charge on any atom is -0.493 e. The van der Waals surface area contributed by atoms with Gasteiger partial charge in [-0.1, -0.05) is 30.3 Å². The fourth-order valence-corrected chi connectivity index (χ4v) is 5.18. The molecule has 0 atom stereocenters. The molecule has 0 radical (unpaired) electrons. The third kappa shape index (κ3) is 6.34. The van der Waals surface area contributed by atoms with Crippen LogP contribution in [0.1, 0.15) is 45.3 Å². The number of ether oxygens (including phenoxy) is 3. The molecule has 9 nitrogen and oxygen atoms in total. The predicted molar refractivity (Wildman–Crippen MR) is 140 cm³/mol. The average molecular weight is 522 g/mol. The fraction of sp³-hybridized carbons (Fsp3) is 0.259. The lowest BCUT2D eigenvalue weighted by Crippen LogP contribution is -2.32. The van der Waals surface area contributed by atoms with Gasteiger partial charge in [-0.25, -0.2) is 10.2 Å². The molecule has 37 heavy (non-hydrogen) atoms. The molecule has 192 valence electrons. The summed E-state index contributed by atoms with van der Waals surface area (Å²) in [5.41, 5.74) is 5.09. The smallest absolute Gasteiger partial charge is 0.341 e. The highest BCUT2D eigenvalue weighted by atomic mass is 32.1. The molecule has 0 saturated carbocycles. The van der Waals surface area contributed by atoms with Crippen LogP contribution in [0.15, 0.2) is 53.6 Å². The summed E-state index contributed by atoms with van der Waals surface area (Å²) in [6.45, 7) is 2.33. The van der Waals surface area contributed by atoms with Crippen LogP contribution in [-0.4, -0.2) is 37.7 Å². The molecular formula is C27H27N3O6S. The zero-order valence-electron chi connectivity index (χ0n) is 20.5. The number of esters is 1. The highest BCUT2D eigenvalue weighted by Gasteiger charge is 2.29. The van der Waals surface area contributed by atoms with E-state index in [9.17, 15) is 14.4 Å². The molecule has 1 aromatic heterocycles. The van der Waals surface area contributed by atoms with Crippen LogP contribution in [0.5, 0.6) is 11.5 Å². The minimum atomic E-state index is -0.964. The van der Waals surface area contributed by atoms with Crippen molar-refractivity contribution in [1.82, 2.24) is 5.43 Å². The van der Waals surface area contributed by atoms with Crippen LogP contribution in [0, 0.1) is 0 Å². The van der Waals surface area contributed by atoms with Gasteiger partial charge in [-0.2, -0.15) is 5.10 Å². The Bertz CT molecular complexity index is 1320. The predicted octanol–water partition coefficient (Wildman–Crippen LogP) is 4.09. The molecule has 0 saturated heterocycles. The van der Waals surface area contributed by atoms with Crippen LogP contribution in [0.25, 0.3) is 0 Å². The normalized spacial score (nSPS) is 12.2. The Morgan fingerprint density at radius 3 is 2.62 bits per heavy atom. The zero-order chi connectivity index (χ0) is 26.2. The Kier molecular flexibility index (Phi) is 8.52. The van der Waals surface area contributed by atoms with Crippen molar-refractivity contribution in [2.45, 2.75) is 32.8 Å². The van der Waals surface area contributed by atoms with Crippen molar-refractivity contribution >= 4 is 40.3 Å². The van der Waals surface area contributed by atoms with E-state index in [0.29, 0.717) is 34.2 Å². The molecule has 2 amide bonds. The number of fused-ring (bicyclic) bond motifs is 1. The second-order valence-corrected chi connectivity index (χ2v) is 9.22. The molecule has 4 rings (SSSR count). The lowest BCUT2D eigenvalue weighted by atomic mass is 10.1. The van der Waals surface area contributed by atoms with E-state index in [1.54, 1.807) is 25.1 Å². The molecule has 0 aliphatic heterocycles. The number of rotatable bonds is 9. The third-order valence-corrected chi connectivity index (χ3v) is 6.85. The molecule has 0 spiro atoms. The van der Waals surface area contributed by atoms with Crippen LogP contribution in [0.4, 0.5) is 5.00 Å². The lowest BCUT2D eigenvalue weighted by Gasteiger charge is -2.11. The van der Waals surface area contributed by atoms with Crippen LogP contribution < -0.4 is 20.2 Å². The molecule has 0 bridgehead atoms. The van der Waals surface area contributed by atoms with Gasteiger partial charge in [0.2, 0.25) is 0 Å². The second kappa shape index (κ2) is 12.2. The summed E-state index contributed by atoms with van der Waals surface area (Å²) in [7, 11) is 1.53. The van der Waals surface area contributed by atoms with Crippen molar-refractivity contribution in [3.8, 4) is 11.5 Å². The van der Waals surface area contributed by atoms with Crippen molar-refractivity contribution < 1.29 is 28.6 Å². The summed E-state index contributed by atoms with van der Waals surface area (Å²) in [5.74, 6) is -1.33. The number of amides is 2. The maximum atomic E-state index is 12.5. The molecule has 2 aromatic carbocycles. The number of nitrogens with zero attached hydrogens (tertiary/aromatic N) is 1. The van der Waals surface area contributed by atoms with Crippen molar-refractivity contribution in [2.24, 2.45) is 5.10 Å². The number of aryl methyl sites for hydroxylation is 1. The Morgan fingerprint density at radius 2 is 1.86 bits per heavy atom. The Hall–Kier alpha value is -4.18. The number of methoxy groups -OCH3 is 1. The van der Waals surface area contributed by atoms with Gasteiger partial charge in [-0.15, -0.1) is 11.3 Å².